The number of anilines is 1. The van der Waals surface area contributed by atoms with Gasteiger partial charge in [-0.25, -0.2) is 9.59 Å². The van der Waals surface area contributed by atoms with Crippen LogP contribution in [0.15, 0.2) is 42.5 Å². The monoisotopic (exact) mass is 450 g/mol. The molecule has 1 aliphatic rings. The van der Waals surface area contributed by atoms with E-state index in [1.165, 1.54) is 0 Å². The molecule has 172 valence electrons. The lowest BCUT2D eigenvalue weighted by molar-refractivity contribution is -0.140. The van der Waals surface area contributed by atoms with Gasteiger partial charge in [0.1, 0.15) is 0 Å². The Labute approximate surface area is 191 Å². The SMILES string of the molecule is Cc1ccc(C(=O)N2CCC(c3ccc(C#N)cc3)CC2)cc1NC(=O)N[C@@H](CO)C(=O)O. The number of carboxylic acid groups (broad SMARTS) is 1. The molecule has 9 nitrogen and oxygen atoms in total. The fourth-order valence-corrected chi connectivity index (χ4v) is 3.82. The molecule has 0 aromatic heterocycles. The van der Waals surface area contributed by atoms with Crippen LogP contribution in [-0.4, -0.2) is 58.8 Å². The lowest BCUT2D eigenvalue weighted by atomic mass is 9.89. The van der Waals surface area contributed by atoms with Crippen LogP contribution in [0, 0.1) is 18.3 Å². The van der Waals surface area contributed by atoms with Crippen LogP contribution in [0.4, 0.5) is 10.5 Å². The zero-order valence-electron chi connectivity index (χ0n) is 18.2. The van der Waals surface area contributed by atoms with Gasteiger partial charge in [0.05, 0.1) is 18.2 Å². The summed E-state index contributed by atoms with van der Waals surface area (Å²) in [4.78, 5) is 37.9. The number of nitriles is 1. The van der Waals surface area contributed by atoms with Crippen LogP contribution in [0.5, 0.6) is 0 Å². The van der Waals surface area contributed by atoms with Gasteiger partial charge in [-0.15, -0.1) is 0 Å². The van der Waals surface area contributed by atoms with E-state index >= 15 is 0 Å². The second kappa shape index (κ2) is 10.6. The van der Waals surface area contributed by atoms with E-state index in [1.54, 1.807) is 30.0 Å². The van der Waals surface area contributed by atoms with Crippen molar-refractivity contribution >= 4 is 23.6 Å². The molecule has 1 saturated heterocycles. The van der Waals surface area contributed by atoms with Gasteiger partial charge in [0, 0.05) is 24.3 Å². The average Bonchev–Trinajstić information content (AvgIpc) is 2.83. The van der Waals surface area contributed by atoms with E-state index in [9.17, 15) is 14.4 Å². The zero-order chi connectivity index (χ0) is 24.0. The van der Waals surface area contributed by atoms with E-state index in [0.717, 1.165) is 18.4 Å². The normalized spacial score (nSPS) is 14.8. The number of likely N-dealkylation sites (tertiary alicyclic amines) is 1. The van der Waals surface area contributed by atoms with Crippen molar-refractivity contribution in [2.75, 3.05) is 25.0 Å². The predicted molar refractivity (Wildman–Crippen MR) is 121 cm³/mol. The van der Waals surface area contributed by atoms with Gasteiger partial charge in [0.15, 0.2) is 6.04 Å². The molecule has 1 aliphatic heterocycles. The summed E-state index contributed by atoms with van der Waals surface area (Å²) in [6.07, 6.45) is 1.63. The maximum Gasteiger partial charge on any atom is 0.328 e. The van der Waals surface area contributed by atoms with Gasteiger partial charge >= 0.3 is 12.0 Å². The molecule has 2 aromatic carbocycles. The highest BCUT2D eigenvalue weighted by Gasteiger charge is 2.25. The third kappa shape index (κ3) is 5.87. The predicted octanol–water partition coefficient (Wildman–Crippen LogP) is 2.45. The van der Waals surface area contributed by atoms with Crippen molar-refractivity contribution < 1.29 is 24.6 Å². The molecule has 0 saturated carbocycles. The highest BCUT2D eigenvalue weighted by Crippen LogP contribution is 2.29. The first kappa shape index (κ1) is 23.8. The summed E-state index contributed by atoms with van der Waals surface area (Å²) in [6.45, 7) is 2.21. The van der Waals surface area contributed by atoms with Crippen molar-refractivity contribution in [3.8, 4) is 6.07 Å². The number of carbonyl (C=O) groups excluding carboxylic acids is 2. The quantitative estimate of drug-likeness (QED) is 0.532. The van der Waals surface area contributed by atoms with Gasteiger partial charge in [-0.05, 0) is 61.1 Å². The number of nitrogens with one attached hydrogen (secondary N) is 2. The number of aryl methyl sites for hydroxylation is 1. The largest absolute Gasteiger partial charge is 0.480 e. The van der Waals surface area contributed by atoms with Gasteiger partial charge in [-0.1, -0.05) is 18.2 Å². The molecule has 1 fully saturated rings. The number of urea groups is 1. The number of amides is 3. The number of nitrogens with zero attached hydrogens (tertiary/aromatic N) is 2. The number of hydrogen-bond donors (Lipinski definition) is 4. The maximum atomic E-state index is 13.0. The number of piperidine rings is 1. The molecule has 0 unspecified atom stereocenters. The Morgan fingerprint density at radius 3 is 2.39 bits per heavy atom. The Hall–Kier alpha value is -3.90. The standard InChI is InChI=1S/C24H26N4O5/c1-15-2-5-19(12-20(15)26-24(33)27-21(14-29)23(31)32)22(30)28-10-8-18(9-11-28)17-6-3-16(13-25)4-7-17/h2-7,12,18,21,29H,8-11,14H2,1H3,(H,31,32)(H2,26,27,33)/t21-/m0/s1. The van der Waals surface area contributed by atoms with Crippen molar-refractivity contribution in [1.29, 1.82) is 5.26 Å². The molecule has 2 aromatic rings. The summed E-state index contributed by atoms with van der Waals surface area (Å²) in [5.74, 6) is -1.16. The molecule has 1 heterocycles. The number of carboxylic acids is 1. The molecule has 0 bridgehead atoms. The van der Waals surface area contributed by atoms with Crippen molar-refractivity contribution in [3.05, 3.63) is 64.7 Å². The first-order valence-electron chi connectivity index (χ1n) is 10.6. The number of rotatable bonds is 6. The minimum Gasteiger partial charge on any atom is -0.480 e. The molecule has 4 N–H and O–H groups in total. The van der Waals surface area contributed by atoms with E-state index in [-0.39, 0.29) is 5.91 Å². The second-order valence-corrected chi connectivity index (χ2v) is 8.00. The highest BCUT2D eigenvalue weighted by atomic mass is 16.4. The number of aliphatic hydroxyl groups excluding tert-OH is 1. The number of benzene rings is 2. The van der Waals surface area contributed by atoms with Gasteiger partial charge in [-0.3, -0.25) is 4.79 Å². The van der Waals surface area contributed by atoms with E-state index < -0.39 is 24.6 Å². The van der Waals surface area contributed by atoms with Gasteiger partial charge < -0.3 is 25.7 Å². The van der Waals surface area contributed by atoms with Gasteiger partial charge in [0.25, 0.3) is 5.91 Å². The maximum absolute atomic E-state index is 13.0. The van der Waals surface area contributed by atoms with Crippen LogP contribution >= 0.6 is 0 Å². The van der Waals surface area contributed by atoms with Crippen LogP contribution in [-0.2, 0) is 4.79 Å². The molecule has 0 spiro atoms. The zero-order valence-corrected chi connectivity index (χ0v) is 18.2. The van der Waals surface area contributed by atoms with Crippen LogP contribution in [0.1, 0.15) is 45.8 Å². The smallest absolute Gasteiger partial charge is 0.328 e. The molecule has 3 rings (SSSR count). The first-order chi connectivity index (χ1) is 15.8. The van der Waals surface area contributed by atoms with E-state index in [1.807, 2.05) is 24.3 Å². The Kier molecular flexibility index (Phi) is 7.64. The average molecular weight is 450 g/mol. The molecule has 3 amide bonds. The van der Waals surface area contributed by atoms with Gasteiger partial charge in [-0.2, -0.15) is 5.26 Å². The summed E-state index contributed by atoms with van der Waals surface area (Å²) in [6, 6.07) is 12.4. The van der Waals surface area contributed by atoms with Crippen molar-refractivity contribution in [2.24, 2.45) is 0 Å². The second-order valence-electron chi connectivity index (χ2n) is 8.00. The topological polar surface area (TPSA) is 143 Å². The summed E-state index contributed by atoms with van der Waals surface area (Å²) in [5.41, 5.74) is 3.30. The van der Waals surface area contributed by atoms with E-state index in [0.29, 0.717) is 41.4 Å². The summed E-state index contributed by atoms with van der Waals surface area (Å²) in [7, 11) is 0. The van der Waals surface area contributed by atoms with E-state index in [2.05, 4.69) is 16.7 Å². The molecule has 33 heavy (non-hydrogen) atoms. The Balaban J connectivity index is 1.63. The van der Waals surface area contributed by atoms with Crippen LogP contribution in [0.3, 0.4) is 0 Å². The molecule has 1 atom stereocenters. The summed E-state index contributed by atoms with van der Waals surface area (Å²) >= 11 is 0. The minimum absolute atomic E-state index is 0.143. The molecule has 0 radical (unpaired) electrons. The minimum atomic E-state index is -1.42. The number of aliphatic carboxylic acids is 1. The molecular formula is C24H26N4O5. The fourth-order valence-electron chi connectivity index (χ4n) is 3.82. The Morgan fingerprint density at radius 1 is 1.15 bits per heavy atom. The number of hydrogen-bond acceptors (Lipinski definition) is 5. The molecule has 9 heteroatoms. The van der Waals surface area contributed by atoms with Crippen molar-refractivity contribution in [1.82, 2.24) is 10.2 Å². The fraction of sp³-hybridized carbons (Fsp3) is 0.333. The lowest BCUT2D eigenvalue weighted by Crippen LogP contribution is -2.45. The number of aliphatic hydroxyl groups is 1. The Bertz CT molecular complexity index is 1070. The summed E-state index contributed by atoms with van der Waals surface area (Å²) < 4.78 is 0. The molecule has 0 aliphatic carbocycles. The molecular weight excluding hydrogens is 424 g/mol. The third-order valence-electron chi connectivity index (χ3n) is 5.81. The van der Waals surface area contributed by atoms with Crippen molar-refractivity contribution in [3.63, 3.8) is 0 Å². The van der Waals surface area contributed by atoms with Crippen LogP contribution < -0.4 is 10.6 Å². The summed E-state index contributed by atoms with van der Waals surface area (Å²) in [5, 5.41) is 31.7. The highest BCUT2D eigenvalue weighted by molar-refractivity contribution is 5.98. The van der Waals surface area contributed by atoms with Crippen LogP contribution in [0.2, 0.25) is 0 Å². The van der Waals surface area contributed by atoms with Crippen molar-refractivity contribution in [2.45, 2.75) is 31.7 Å². The lowest BCUT2D eigenvalue weighted by Gasteiger charge is -2.32. The first-order valence-corrected chi connectivity index (χ1v) is 10.6. The van der Waals surface area contributed by atoms with Gasteiger partial charge in [0.2, 0.25) is 0 Å². The number of carbonyl (C=O) groups is 3. The van der Waals surface area contributed by atoms with E-state index in [4.69, 9.17) is 15.5 Å². The Morgan fingerprint density at radius 2 is 1.82 bits per heavy atom. The van der Waals surface area contributed by atoms with Crippen LogP contribution in [0.25, 0.3) is 0 Å². The third-order valence-corrected chi connectivity index (χ3v) is 5.81.